The molecule has 1 unspecified atom stereocenters. The van der Waals surface area contributed by atoms with Crippen molar-refractivity contribution < 1.29 is 9.59 Å². The molecule has 1 aliphatic heterocycles. The van der Waals surface area contributed by atoms with E-state index < -0.39 is 5.41 Å². The van der Waals surface area contributed by atoms with Gasteiger partial charge in [-0.05, 0) is 18.9 Å². The molecule has 1 N–H and O–H groups in total. The molecule has 0 radical (unpaired) electrons. The van der Waals surface area contributed by atoms with Crippen molar-refractivity contribution >= 4 is 11.8 Å². The fourth-order valence-electron chi connectivity index (χ4n) is 2.31. The van der Waals surface area contributed by atoms with Crippen LogP contribution in [0.5, 0.6) is 0 Å². The van der Waals surface area contributed by atoms with Crippen LogP contribution < -0.4 is 5.32 Å². The fourth-order valence-corrected chi connectivity index (χ4v) is 2.31. The van der Waals surface area contributed by atoms with Gasteiger partial charge in [-0.1, -0.05) is 48.5 Å². The van der Waals surface area contributed by atoms with Crippen molar-refractivity contribution in [3.63, 3.8) is 0 Å². The first-order valence-corrected chi connectivity index (χ1v) is 7.61. The highest BCUT2D eigenvalue weighted by atomic mass is 16.2. The number of hydrogen-bond donors (Lipinski definition) is 1. The second-order valence-electron chi connectivity index (χ2n) is 6.90. The Labute approximate surface area is 124 Å². The number of carbonyl (C=O) groups excluding carboxylic acids is 2. The number of nitrogens with one attached hydrogen (secondary N) is 1. The van der Waals surface area contributed by atoms with Gasteiger partial charge in [-0.3, -0.25) is 14.5 Å². The monoisotopic (exact) mass is 284 g/mol. The molecule has 118 valence electrons. The van der Waals surface area contributed by atoms with E-state index in [0.717, 1.165) is 0 Å². The van der Waals surface area contributed by atoms with Crippen molar-refractivity contribution in [1.82, 2.24) is 10.2 Å². The van der Waals surface area contributed by atoms with Crippen molar-refractivity contribution in [3.05, 3.63) is 0 Å². The Morgan fingerprint density at radius 2 is 1.75 bits per heavy atom. The third-order valence-corrected chi connectivity index (χ3v) is 3.85. The molecular weight excluding hydrogens is 252 g/mol. The van der Waals surface area contributed by atoms with Crippen LogP contribution >= 0.6 is 0 Å². The van der Waals surface area contributed by atoms with Gasteiger partial charge in [0.2, 0.25) is 11.8 Å². The molecule has 1 atom stereocenters. The highest BCUT2D eigenvalue weighted by Crippen LogP contribution is 2.31. The first-order chi connectivity index (χ1) is 9.09. The maximum absolute atomic E-state index is 12.3. The Morgan fingerprint density at radius 3 is 2.15 bits per heavy atom. The lowest BCUT2D eigenvalue weighted by Gasteiger charge is -2.40. The molecule has 20 heavy (non-hydrogen) atoms. The molecule has 4 nitrogen and oxygen atoms in total. The van der Waals surface area contributed by atoms with Gasteiger partial charge >= 0.3 is 0 Å². The number of hydrogen-bond acceptors (Lipinski definition) is 3. The number of piperidine rings is 1. The Balaban J connectivity index is 0.00000172. The van der Waals surface area contributed by atoms with E-state index in [0.29, 0.717) is 19.4 Å². The SMILES string of the molecule is CC.CNC(CN1C(=O)CCC(C)(C)C1=O)C(C)(C)C. The van der Waals surface area contributed by atoms with Crippen LogP contribution in [0.4, 0.5) is 0 Å². The van der Waals surface area contributed by atoms with E-state index in [1.54, 1.807) is 0 Å². The van der Waals surface area contributed by atoms with E-state index in [1.807, 2.05) is 34.7 Å². The van der Waals surface area contributed by atoms with Crippen LogP contribution in [-0.4, -0.2) is 36.3 Å². The third kappa shape index (κ3) is 4.58. The van der Waals surface area contributed by atoms with E-state index in [4.69, 9.17) is 0 Å². The van der Waals surface area contributed by atoms with Gasteiger partial charge in [0, 0.05) is 24.4 Å². The second-order valence-corrected chi connectivity index (χ2v) is 6.90. The van der Waals surface area contributed by atoms with Crippen molar-refractivity contribution in [2.24, 2.45) is 10.8 Å². The van der Waals surface area contributed by atoms with E-state index >= 15 is 0 Å². The molecule has 0 aromatic rings. The summed E-state index contributed by atoms with van der Waals surface area (Å²) in [5.41, 5.74) is -0.402. The predicted octanol–water partition coefficient (Wildman–Crippen LogP) is 2.82. The summed E-state index contributed by atoms with van der Waals surface area (Å²) in [5.74, 6) is -0.0768. The number of amides is 2. The third-order valence-electron chi connectivity index (χ3n) is 3.85. The molecule has 0 spiro atoms. The minimum absolute atomic E-state index is 0.0108. The zero-order valence-corrected chi connectivity index (χ0v) is 14.5. The molecule has 0 saturated carbocycles. The molecule has 0 aromatic heterocycles. The largest absolute Gasteiger partial charge is 0.315 e. The quantitative estimate of drug-likeness (QED) is 0.811. The number of carbonyl (C=O) groups is 2. The average molecular weight is 284 g/mol. The summed E-state index contributed by atoms with van der Waals surface area (Å²) < 4.78 is 0. The fraction of sp³-hybridized carbons (Fsp3) is 0.875. The first kappa shape index (κ1) is 19.1. The molecule has 0 aromatic carbocycles. The van der Waals surface area contributed by atoms with Gasteiger partial charge in [0.15, 0.2) is 0 Å². The summed E-state index contributed by atoms with van der Waals surface area (Å²) >= 11 is 0. The van der Waals surface area contributed by atoms with Gasteiger partial charge in [0.05, 0.1) is 0 Å². The molecule has 1 aliphatic rings. The topological polar surface area (TPSA) is 49.4 Å². The van der Waals surface area contributed by atoms with Crippen LogP contribution in [0.3, 0.4) is 0 Å². The predicted molar refractivity (Wildman–Crippen MR) is 83.4 cm³/mol. The summed E-state index contributed by atoms with van der Waals surface area (Å²) in [6.45, 7) is 14.6. The lowest BCUT2D eigenvalue weighted by atomic mass is 9.81. The van der Waals surface area contributed by atoms with Gasteiger partial charge in [0.25, 0.3) is 0 Å². The van der Waals surface area contributed by atoms with Gasteiger partial charge in [-0.2, -0.15) is 0 Å². The average Bonchev–Trinajstić information content (AvgIpc) is 2.36. The zero-order valence-electron chi connectivity index (χ0n) is 14.5. The minimum Gasteiger partial charge on any atom is -0.315 e. The smallest absolute Gasteiger partial charge is 0.234 e. The number of likely N-dealkylation sites (tertiary alicyclic amines) is 1. The number of likely N-dealkylation sites (N-methyl/N-ethyl adjacent to an activating group) is 1. The van der Waals surface area contributed by atoms with Gasteiger partial charge in [-0.25, -0.2) is 0 Å². The van der Waals surface area contributed by atoms with Crippen LogP contribution in [0.25, 0.3) is 0 Å². The van der Waals surface area contributed by atoms with E-state index in [-0.39, 0.29) is 23.3 Å². The number of imide groups is 1. The summed E-state index contributed by atoms with van der Waals surface area (Å²) in [4.78, 5) is 25.7. The summed E-state index contributed by atoms with van der Waals surface area (Å²) in [7, 11) is 1.87. The molecule has 1 fully saturated rings. The lowest BCUT2D eigenvalue weighted by molar-refractivity contribution is -0.156. The van der Waals surface area contributed by atoms with Crippen LogP contribution in [0.2, 0.25) is 0 Å². The van der Waals surface area contributed by atoms with Gasteiger partial charge in [0.1, 0.15) is 0 Å². The van der Waals surface area contributed by atoms with E-state index in [9.17, 15) is 9.59 Å². The van der Waals surface area contributed by atoms with Crippen molar-refractivity contribution in [1.29, 1.82) is 0 Å². The lowest BCUT2D eigenvalue weighted by Crippen LogP contribution is -2.55. The Morgan fingerprint density at radius 1 is 1.25 bits per heavy atom. The highest BCUT2D eigenvalue weighted by molar-refractivity contribution is 6.00. The summed E-state index contributed by atoms with van der Waals surface area (Å²) in [5, 5.41) is 3.21. The second kappa shape index (κ2) is 7.21. The minimum atomic E-state index is -0.413. The Bertz CT molecular complexity index is 343. The Kier molecular flexibility index (Phi) is 6.88. The molecule has 0 bridgehead atoms. The molecule has 0 aliphatic carbocycles. The van der Waals surface area contributed by atoms with Crippen LogP contribution in [-0.2, 0) is 9.59 Å². The molecular formula is C16H32N2O2. The Hall–Kier alpha value is -0.900. The summed E-state index contributed by atoms with van der Waals surface area (Å²) in [6, 6.07) is 0.110. The van der Waals surface area contributed by atoms with E-state index in [2.05, 4.69) is 26.1 Å². The van der Waals surface area contributed by atoms with Crippen molar-refractivity contribution in [2.75, 3.05) is 13.6 Å². The normalized spacial score (nSPS) is 20.3. The van der Waals surface area contributed by atoms with Crippen molar-refractivity contribution in [2.45, 2.75) is 67.3 Å². The van der Waals surface area contributed by atoms with Gasteiger partial charge in [-0.15, -0.1) is 0 Å². The summed E-state index contributed by atoms with van der Waals surface area (Å²) in [6.07, 6.45) is 1.13. The highest BCUT2D eigenvalue weighted by Gasteiger charge is 2.41. The molecule has 1 rings (SSSR count). The molecule has 2 amide bonds. The van der Waals surface area contributed by atoms with Crippen LogP contribution in [0.15, 0.2) is 0 Å². The zero-order chi connectivity index (χ0) is 16.1. The van der Waals surface area contributed by atoms with E-state index in [1.165, 1.54) is 4.90 Å². The number of nitrogens with zero attached hydrogens (tertiary/aromatic N) is 1. The van der Waals surface area contributed by atoms with Crippen LogP contribution in [0, 0.1) is 10.8 Å². The van der Waals surface area contributed by atoms with Crippen LogP contribution in [0.1, 0.15) is 61.3 Å². The molecule has 1 saturated heterocycles. The van der Waals surface area contributed by atoms with Gasteiger partial charge < -0.3 is 5.32 Å². The number of rotatable bonds is 3. The first-order valence-electron chi connectivity index (χ1n) is 7.61. The standard InChI is InChI=1S/C14H26N2O2.C2H6/c1-13(2,3)10(15-6)9-16-11(17)7-8-14(4,5)12(16)18;1-2/h10,15H,7-9H2,1-6H3;1-2H3. The molecule has 1 heterocycles. The molecule has 4 heteroatoms. The maximum Gasteiger partial charge on any atom is 0.234 e. The van der Waals surface area contributed by atoms with Crippen molar-refractivity contribution in [3.8, 4) is 0 Å². The maximum atomic E-state index is 12.3.